The molecule has 0 aliphatic rings. The van der Waals surface area contributed by atoms with Gasteiger partial charge in [-0.2, -0.15) is 0 Å². The smallest absolute Gasteiger partial charge is 0.0608 e. The van der Waals surface area contributed by atoms with Gasteiger partial charge in [0.1, 0.15) is 0 Å². The van der Waals surface area contributed by atoms with Gasteiger partial charge in [0.05, 0.1) is 5.69 Å². The third-order valence-corrected chi connectivity index (χ3v) is 9.00. The van der Waals surface area contributed by atoms with Crippen molar-refractivity contribution < 1.29 is 0 Å². The zero-order valence-electron chi connectivity index (χ0n) is 25.9. The van der Waals surface area contributed by atoms with E-state index in [-0.39, 0.29) is 0 Å². The van der Waals surface area contributed by atoms with Crippen LogP contribution in [0.25, 0.3) is 38.2 Å². The maximum atomic E-state index is 4.00. The number of hydrazine groups is 1. The lowest BCUT2D eigenvalue weighted by molar-refractivity contribution is 1.26. The monoisotopic (exact) mass is 615 g/mol. The number of fused-ring (bicyclic) bond motifs is 3. The molecule has 7 aromatic rings. The van der Waals surface area contributed by atoms with Crippen molar-refractivity contribution in [1.29, 1.82) is 0 Å². The summed E-state index contributed by atoms with van der Waals surface area (Å²) in [6, 6.07) is 56.6. The highest BCUT2D eigenvalue weighted by molar-refractivity contribution is 7.98. The third-order valence-electron chi connectivity index (χ3n) is 8.22. The number of hydrogen-bond acceptors (Lipinski definition) is 4. The minimum Gasteiger partial charge on any atom is -0.354 e. The van der Waals surface area contributed by atoms with Crippen LogP contribution in [0.2, 0.25) is 0 Å². The van der Waals surface area contributed by atoms with E-state index in [1.165, 1.54) is 65.5 Å². The van der Waals surface area contributed by atoms with Gasteiger partial charge in [-0.15, -0.1) is 11.8 Å². The van der Waals surface area contributed by atoms with Crippen LogP contribution >= 0.6 is 11.8 Å². The second-order valence-electron chi connectivity index (χ2n) is 11.0. The lowest BCUT2D eigenvalue weighted by Crippen LogP contribution is -2.02. The fraction of sp³-hybridized carbons (Fsp3) is 0.0476. The fourth-order valence-electron chi connectivity index (χ4n) is 5.97. The van der Waals surface area contributed by atoms with Crippen molar-refractivity contribution in [2.45, 2.75) is 11.3 Å². The standard InChI is InChI=1S/C42H33NS.H4N2/c1-44-40-28-25-34-22-23-36-29-35(24-27-39(36)41(34)42(40)43-37-15-9-4-10-16-37)31-18-20-33(21-19-31)38(32-13-7-3-8-14-32)26-17-30-11-5-2-6-12-30;1-2/h2-16,18-29,43H,17H2,1H3;1-2H2/b38-26-;. The molecular weight excluding hydrogens is 579 g/mol. The second kappa shape index (κ2) is 14.8. The van der Waals surface area contributed by atoms with Crippen molar-refractivity contribution in [1.82, 2.24) is 0 Å². The third kappa shape index (κ3) is 6.75. The summed E-state index contributed by atoms with van der Waals surface area (Å²) in [7, 11) is 0. The van der Waals surface area contributed by atoms with Crippen molar-refractivity contribution >= 4 is 50.3 Å². The molecule has 226 valence electrons. The summed E-state index contributed by atoms with van der Waals surface area (Å²) in [6.45, 7) is 0. The number of nitrogens with one attached hydrogen (secondary N) is 1. The first kappa shape index (κ1) is 30.9. The van der Waals surface area contributed by atoms with Gasteiger partial charge in [-0.05, 0) is 86.5 Å². The molecule has 0 heterocycles. The highest BCUT2D eigenvalue weighted by Crippen LogP contribution is 2.40. The zero-order chi connectivity index (χ0) is 31.7. The van der Waals surface area contributed by atoms with Crippen LogP contribution in [0.4, 0.5) is 11.4 Å². The second-order valence-corrected chi connectivity index (χ2v) is 11.8. The van der Waals surface area contributed by atoms with E-state index in [2.05, 4.69) is 187 Å². The van der Waals surface area contributed by atoms with Gasteiger partial charge >= 0.3 is 0 Å². The molecule has 0 aliphatic heterocycles. The highest BCUT2D eigenvalue weighted by Gasteiger charge is 2.13. The first-order valence-electron chi connectivity index (χ1n) is 15.4. The van der Waals surface area contributed by atoms with Gasteiger partial charge in [0.2, 0.25) is 0 Å². The summed E-state index contributed by atoms with van der Waals surface area (Å²) in [5.74, 6) is 8.00. The molecule has 0 saturated heterocycles. The van der Waals surface area contributed by atoms with E-state index in [1.54, 1.807) is 11.8 Å². The molecule has 0 atom stereocenters. The summed E-state index contributed by atoms with van der Waals surface area (Å²) < 4.78 is 0. The van der Waals surface area contributed by atoms with Gasteiger partial charge in [0.15, 0.2) is 0 Å². The quantitative estimate of drug-likeness (QED) is 0.0689. The summed E-state index contributed by atoms with van der Waals surface area (Å²) in [5.41, 5.74) is 9.73. The summed E-state index contributed by atoms with van der Waals surface area (Å²) in [4.78, 5) is 1.24. The number of anilines is 2. The molecule has 0 fully saturated rings. The molecule has 0 aromatic heterocycles. The highest BCUT2D eigenvalue weighted by atomic mass is 32.2. The number of thioether (sulfide) groups is 1. The SMILES string of the molecule is CSc1ccc2ccc3cc(-c4ccc(/C(=C\Cc5ccccc5)c5ccccc5)cc4)ccc3c2c1Nc1ccccc1.NN. The Morgan fingerprint density at radius 2 is 1.20 bits per heavy atom. The molecule has 3 nitrogen and oxygen atoms in total. The van der Waals surface area contributed by atoms with Gasteiger partial charge in [0.25, 0.3) is 0 Å². The number of hydrogen-bond donors (Lipinski definition) is 3. The van der Waals surface area contributed by atoms with Gasteiger partial charge < -0.3 is 5.32 Å². The summed E-state index contributed by atoms with van der Waals surface area (Å²) >= 11 is 1.78. The predicted molar refractivity (Wildman–Crippen MR) is 200 cm³/mol. The van der Waals surface area contributed by atoms with Crippen LogP contribution in [0.15, 0.2) is 169 Å². The Kier molecular flexibility index (Phi) is 9.91. The molecule has 46 heavy (non-hydrogen) atoms. The van der Waals surface area contributed by atoms with Crippen LogP contribution in [-0.4, -0.2) is 6.26 Å². The average Bonchev–Trinajstić information content (AvgIpc) is 3.14. The Morgan fingerprint density at radius 1 is 0.609 bits per heavy atom. The summed E-state index contributed by atoms with van der Waals surface area (Å²) in [5, 5.41) is 8.72. The molecule has 0 amide bonds. The number of rotatable bonds is 8. The van der Waals surface area contributed by atoms with Crippen LogP contribution < -0.4 is 17.0 Å². The normalized spacial score (nSPS) is 11.2. The van der Waals surface area contributed by atoms with Crippen LogP contribution in [0.5, 0.6) is 0 Å². The largest absolute Gasteiger partial charge is 0.354 e. The predicted octanol–water partition coefficient (Wildman–Crippen LogP) is 10.6. The minimum absolute atomic E-state index is 0.894. The number of benzene rings is 7. The lowest BCUT2D eigenvalue weighted by Gasteiger charge is -2.16. The maximum Gasteiger partial charge on any atom is 0.0608 e. The number of nitrogens with two attached hydrogens (primary N) is 2. The molecule has 0 bridgehead atoms. The van der Waals surface area contributed by atoms with Crippen molar-refractivity contribution in [3.05, 3.63) is 180 Å². The van der Waals surface area contributed by atoms with Crippen LogP contribution in [0, 0.1) is 0 Å². The first-order valence-corrected chi connectivity index (χ1v) is 16.6. The van der Waals surface area contributed by atoms with E-state index in [0.29, 0.717) is 0 Å². The minimum atomic E-state index is 0.894. The Balaban J connectivity index is 0.00000182. The Labute approximate surface area is 275 Å². The van der Waals surface area contributed by atoms with Crippen molar-refractivity contribution in [3.8, 4) is 11.1 Å². The Hall–Kier alpha value is -5.13. The Bertz CT molecular complexity index is 2070. The molecule has 7 aromatic carbocycles. The molecule has 0 saturated carbocycles. The van der Waals surface area contributed by atoms with Crippen LogP contribution in [0.3, 0.4) is 0 Å². The zero-order valence-corrected chi connectivity index (χ0v) is 26.7. The van der Waals surface area contributed by atoms with E-state index < -0.39 is 0 Å². The van der Waals surface area contributed by atoms with Gasteiger partial charge in [-0.25, -0.2) is 0 Å². The van der Waals surface area contributed by atoms with Crippen LogP contribution in [-0.2, 0) is 6.42 Å². The fourth-order valence-corrected chi connectivity index (χ4v) is 6.53. The Morgan fingerprint density at radius 3 is 1.89 bits per heavy atom. The van der Waals surface area contributed by atoms with Crippen molar-refractivity contribution in [3.63, 3.8) is 0 Å². The van der Waals surface area contributed by atoms with E-state index in [9.17, 15) is 0 Å². The maximum absolute atomic E-state index is 4.00. The molecular formula is C42H37N3S. The van der Waals surface area contributed by atoms with E-state index in [1.807, 2.05) is 0 Å². The van der Waals surface area contributed by atoms with Gasteiger partial charge in [0, 0.05) is 16.0 Å². The number of para-hydroxylation sites is 1. The molecule has 0 spiro atoms. The molecule has 4 heteroatoms. The molecule has 0 aliphatic carbocycles. The van der Waals surface area contributed by atoms with Gasteiger partial charge in [-0.1, -0.05) is 140 Å². The topological polar surface area (TPSA) is 64.1 Å². The first-order chi connectivity index (χ1) is 22.8. The van der Waals surface area contributed by atoms with E-state index >= 15 is 0 Å². The van der Waals surface area contributed by atoms with Gasteiger partial charge in [-0.3, -0.25) is 11.7 Å². The van der Waals surface area contributed by atoms with E-state index in [4.69, 9.17) is 0 Å². The number of allylic oxidation sites excluding steroid dienone is 1. The summed E-state index contributed by atoms with van der Waals surface area (Å²) in [6.07, 6.45) is 5.39. The van der Waals surface area contributed by atoms with Crippen LogP contribution in [0.1, 0.15) is 16.7 Å². The van der Waals surface area contributed by atoms with E-state index in [0.717, 1.165) is 12.1 Å². The molecule has 5 N–H and O–H groups in total. The van der Waals surface area contributed by atoms with Crippen molar-refractivity contribution in [2.24, 2.45) is 11.7 Å². The molecule has 0 radical (unpaired) electrons. The lowest BCUT2D eigenvalue weighted by atomic mass is 9.93. The average molecular weight is 616 g/mol. The molecule has 0 unspecified atom stereocenters. The van der Waals surface area contributed by atoms with Crippen molar-refractivity contribution in [2.75, 3.05) is 11.6 Å². The molecule has 7 rings (SSSR count).